The van der Waals surface area contributed by atoms with E-state index in [9.17, 15) is 4.79 Å². The lowest BCUT2D eigenvalue weighted by Gasteiger charge is -1.72. The SMILES string of the molecule is O=c1cpcc[nH]1. The molecule has 3 heteroatoms. The van der Waals surface area contributed by atoms with Gasteiger partial charge in [0.15, 0.2) is 0 Å². The van der Waals surface area contributed by atoms with Crippen molar-refractivity contribution < 1.29 is 0 Å². The molecule has 0 aliphatic heterocycles. The monoisotopic (exact) mass is 113 g/mol. The second kappa shape index (κ2) is 1.90. The Morgan fingerprint density at radius 3 is 2.86 bits per heavy atom. The van der Waals surface area contributed by atoms with E-state index in [1.165, 1.54) is 0 Å². The predicted molar refractivity (Wildman–Crippen MR) is 29.6 cm³/mol. The highest BCUT2D eigenvalue weighted by Crippen LogP contribution is 1.91. The van der Waals surface area contributed by atoms with Crippen molar-refractivity contribution in [3.05, 3.63) is 28.1 Å². The van der Waals surface area contributed by atoms with Crippen LogP contribution in [0.4, 0.5) is 0 Å². The van der Waals surface area contributed by atoms with Crippen molar-refractivity contribution in [2.75, 3.05) is 0 Å². The molecule has 1 heterocycles. The molecule has 0 aliphatic carbocycles. The third-order valence-electron chi connectivity index (χ3n) is 0.578. The number of rotatable bonds is 0. The molecule has 0 spiro atoms. The van der Waals surface area contributed by atoms with Gasteiger partial charge >= 0.3 is 0 Å². The van der Waals surface area contributed by atoms with Crippen LogP contribution in [0.25, 0.3) is 0 Å². The first-order valence-electron chi connectivity index (χ1n) is 1.88. The van der Waals surface area contributed by atoms with Crippen LogP contribution >= 0.6 is 8.19 Å². The maximum atomic E-state index is 10.2. The summed E-state index contributed by atoms with van der Waals surface area (Å²) in [6, 6.07) is 0. The molecule has 0 saturated heterocycles. The number of H-pyrrole nitrogens is 1. The zero-order chi connectivity index (χ0) is 5.11. The van der Waals surface area contributed by atoms with E-state index in [0.717, 1.165) is 8.19 Å². The van der Waals surface area contributed by atoms with Crippen LogP contribution in [0.1, 0.15) is 0 Å². The summed E-state index contributed by atoms with van der Waals surface area (Å²) in [5.74, 6) is 3.43. The third-order valence-corrected chi connectivity index (χ3v) is 1.28. The van der Waals surface area contributed by atoms with E-state index in [-0.39, 0.29) is 5.56 Å². The minimum atomic E-state index is -0.0100. The second-order valence-electron chi connectivity index (χ2n) is 1.10. The van der Waals surface area contributed by atoms with Gasteiger partial charge in [-0.25, -0.2) is 0 Å². The quantitative estimate of drug-likeness (QED) is 0.533. The van der Waals surface area contributed by atoms with Crippen molar-refractivity contribution in [1.29, 1.82) is 0 Å². The Bertz CT molecular complexity index is 177. The van der Waals surface area contributed by atoms with Crippen molar-refractivity contribution in [2.45, 2.75) is 0 Å². The van der Waals surface area contributed by atoms with Gasteiger partial charge in [0, 0.05) is 12.0 Å². The zero-order valence-corrected chi connectivity index (χ0v) is 4.48. The molecule has 1 N–H and O–H groups in total. The Labute approximate surface area is 42.3 Å². The molecule has 0 radical (unpaired) electrons. The van der Waals surface area contributed by atoms with Crippen LogP contribution in [0, 0.1) is 0 Å². The van der Waals surface area contributed by atoms with Crippen LogP contribution in [0.5, 0.6) is 0 Å². The summed E-state index contributed by atoms with van der Waals surface area (Å²) < 4.78 is 0. The number of nitrogens with one attached hydrogen (secondary N) is 1. The molecular formula is C4H4NOP. The van der Waals surface area contributed by atoms with Gasteiger partial charge in [0.1, 0.15) is 0 Å². The second-order valence-corrected chi connectivity index (χ2v) is 1.96. The van der Waals surface area contributed by atoms with Gasteiger partial charge in [-0.1, -0.05) is 8.19 Å². The zero-order valence-electron chi connectivity index (χ0n) is 3.59. The molecule has 1 aromatic rings. The van der Waals surface area contributed by atoms with Crippen LogP contribution in [0.3, 0.4) is 0 Å². The highest BCUT2D eigenvalue weighted by Gasteiger charge is 1.70. The number of aromatic amines is 1. The van der Waals surface area contributed by atoms with Crippen molar-refractivity contribution in [3.63, 3.8) is 0 Å². The van der Waals surface area contributed by atoms with Gasteiger partial charge in [0.25, 0.3) is 5.56 Å². The molecule has 1 rings (SSSR count). The van der Waals surface area contributed by atoms with Gasteiger partial charge in [-0.15, -0.1) is 0 Å². The molecule has 2 nitrogen and oxygen atoms in total. The standard InChI is InChI=1S/C4H4NOP/c6-4-3-7-2-1-5-4/h1-3H,(H,5,6). The highest BCUT2D eigenvalue weighted by molar-refractivity contribution is 7.28. The third kappa shape index (κ3) is 1.13. The van der Waals surface area contributed by atoms with Crippen LogP contribution < -0.4 is 5.56 Å². The van der Waals surface area contributed by atoms with E-state index in [0.29, 0.717) is 0 Å². The fraction of sp³-hybridized carbons (Fsp3) is 0. The van der Waals surface area contributed by atoms with Crippen molar-refractivity contribution in [1.82, 2.24) is 4.98 Å². The Balaban J connectivity index is 3.28. The summed E-state index contributed by atoms with van der Waals surface area (Å²) in [7, 11) is 0.975. The largest absolute Gasteiger partial charge is 0.328 e. The van der Waals surface area contributed by atoms with Crippen LogP contribution in [0.2, 0.25) is 0 Å². The number of hydrogen-bond acceptors (Lipinski definition) is 1. The lowest BCUT2D eigenvalue weighted by Crippen LogP contribution is -1.96. The Morgan fingerprint density at radius 1 is 1.71 bits per heavy atom. The van der Waals surface area contributed by atoms with Gasteiger partial charge in [-0.3, -0.25) is 4.79 Å². The molecule has 0 amide bonds. The molecule has 0 aromatic carbocycles. The van der Waals surface area contributed by atoms with E-state index < -0.39 is 0 Å². The molecule has 36 valence electrons. The van der Waals surface area contributed by atoms with Crippen LogP contribution in [-0.2, 0) is 0 Å². The summed E-state index contributed by atoms with van der Waals surface area (Å²) in [5.41, 5.74) is -0.0100. The molecule has 0 unspecified atom stereocenters. The normalized spacial score (nSPS) is 9.71. The molecule has 7 heavy (non-hydrogen) atoms. The first kappa shape index (κ1) is 4.54. The molecule has 1 aromatic heterocycles. The highest BCUT2D eigenvalue weighted by atomic mass is 31.0. The topological polar surface area (TPSA) is 32.9 Å². The van der Waals surface area contributed by atoms with Crippen molar-refractivity contribution in [3.8, 4) is 0 Å². The van der Waals surface area contributed by atoms with Gasteiger partial charge in [0.05, 0.1) is 0 Å². The summed E-state index contributed by atoms with van der Waals surface area (Å²) in [6.07, 6.45) is 1.64. The molecule has 0 bridgehead atoms. The fourth-order valence-corrected chi connectivity index (χ4v) is 0.767. The first-order chi connectivity index (χ1) is 3.39. The maximum Gasteiger partial charge on any atom is 0.252 e. The minimum Gasteiger partial charge on any atom is -0.328 e. The summed E-state index contributed by atoms with van der Waals surface area (Å²) >= 11 is 0. The molecule has 0 aliphatic rings. The lowest BCUT2D eigenvalue weighted by molar-refractivity contribution is 1.27. The number of hydrogen-bond donors (Lipinski definition) is 1. The van der Waals surface area contributed by atoms with E-state index in [1.54, 1.807) is 12.0 Å². The van der Waals surface area contributed by atoms with Crippen molar-refractivity contribution in [2.24, 2.45) is 0 Å². The summed E-state index contributed by atoms with van der Waals surface area (Å²) in [5, 5.41) is 0. The summed E-state index contributed by atoms with van der Waals surface area (Å²) in [6.45, 7) is 0. The van der Waals surface area contributed by atoms with Crippen molar-refractivity contribution >= 4 is 8.19 Å². The van der Waals surface area contributed by atoms with Gasteiger partial charge in [0.2, 0.25) is 0 Å². The Morgan fingerprint density at radius 2 is 2.57 bits per heavy atom. The molecule has 0 atom stereocenters. The van der Waals surface area contributed by atoms with E-state index in [2.05, 4.69) is 4.98 Å². The average molecular weight is 113 g/mol. The Hall–Kier alpha value is -0.620. The average Bonchev–Trinajstić information content (AvgIpc) is 1.69. The lowest BCUT2D eigenvalue weighted by atomic mass is 10.9. The first-order valence-corrected chi connectivity index (χ1v) is 2.91. The molecule has 0 saturated carbocycles. The minimum absolute atomic E-state index is 0.0100. The Kier molecular flexibility index (Phi) is 1.23. The molecule has 0 fully saturated rings. The fourth-order valence-electron chi connectivity index (χ4n) is 0.310. The summed E-state index contributed by atoms with van der Waals surface area (Å²) in [4.78, 5) is 12.7. The predicted octanol–water partition coefficient (Wildman–Crippen LogP) is 0.955. The van der Waals surface area contributed by atoms with Gasteiger partial charge < -0.3 is 4.98 Å². The van der Waals surface area contributed by atoms with E-state index >= 15 is 0 Å². The van der Waals surface area contributed by atoms with Gasteiger partial charge in [-0.2, -0.15) is 0 Å². The maximum absolute atomic E-state index is 10.2. The van der Waals surface area contributed by atoms with E-state index in [4.69, 9.17) is 0 Å². The van der Waals surface area contributed by atoms with Crippen LogP contribution in [0.15, 0.2) is 22.6 Å². The smallest absolute Gasteiger partial charge is 0.252 e. The number of aromatic nitrogens is 1. The van der Waals surface area contributed by atoms with Gasteiger partial charge in [-0.05, 0) is 5.80 Å². The molecular weight excluding hydrogens is 109 g/mol. The van der Waals surface area contributed by atoms with Crippen LogP contribution in [-0.4, -0.2) is 4.98 Å². The van der Waals surface area contributed by atoms with E-state index in [1.807, 2.05) is 5.80 Å².